The number of benzene rings is 3. The maximum atomic E-state index is 14.7. The number of amides is 1. The Labute approximate surface area is 211 Å². The summed E-state index contributed by atoms with van der Waals surface area (Å²) < 4.78 is 47.8. The zero-order chi connectivity index (χ0) is 25.9. The molecule has 7 nitrogen and oxygen atoms in total. The zero-order valence-corrected chi connectivity index (χ0v) is 21.5. The van der Waals surface area contributed by atoms with Gasteiger partial charge in [-0.1, -0.05) is 24.3 Å². The van der Waals surface area contributed by atoms with Crippen molar-refractivity contribution in [3.63, 3.8) is 0 Å². The van der Waals surface area contributed by atoms with Gasteiger partial charge in [0.25, 0.3) is 10.0 Å². The van der Waals surface area contributed by atoms with Crippen LogP contribution in [0.3, 0.4) is 0 Å². The van der Waals surface area contributed by atoms with Crippen LogP contribution < -0.4 is 13.9 Å². The number of ether oxygens (including phenoxy) is 1. The summed E-state index contributed by atoms with van der Waals surface area (Å²) in [6.07, 6.45) is 0. The van der Waals surface area contributed by atoms with E-state index in [0.717, 1.165) is 9.99 Å². The maximum Gasteiger partial charge on any atom is 0.264 e. The highest BCUT2D eigenvalue weighted by Crippen LogP contribution is 2.28. The molecule has 0 aliphatic carbocycles. The summed E-state index contributed by atoms with van der Waals surface area (Å²) >= 11 is 0. The number of rotatable bonds is 7. The summed E-state index contributed by atoms with van der Waals surface area (Å²) in [5, 5.41) is 0. The molecule has 0 bridgehead atoms. The Balaban J connectivity index is 1.55. The summed E-state index contributed by atoms with van der Waals surface area (Å²) in [7, 11) is -2.74. The van der Waals surface area contributed by atoms with Crippen molar-refractivity contribution in [3.8, 4) is 5.75 Å². The summed E-state index contributed by atoms with van der Waals surface area (Å²) in [4.78, 5) is 17.1. The van der Waals surface area contributed by atoms with Gasteiger partial charge in [-0.15, -0.1) is 0 Å². The average Bonchev–Trinajstić information content (AvgIpc) is 2.89. The number of sulfonamides is 1. The standard InChI is InChI=1S/C27H30FN3O4S/c1-20-7-6-10-25(21(20)2)29-15-17-30(18-16-29)27(32)19-31(26-9-5-4-8-24(26)28)36(33,34)23-13-11-22(35-3)12-14-23/h4-14H,15-19H2,1-3H3. The van der Waals surface area contributed by atoms with Gasteiger partial charge >= 0.3 is 0 Å². The lowest BCUT2D eigenvalue weighted by Gasteiger charge is -2.38. The van der Waals surface area contributed by atoms with Crippen LogP contribution in [0.1, 0.15) is 11.1 Å². The van der Waals surface area contributed by atoms with E-state index in [4.69, 9.17) is 4.74 Å². The first kappa shape index (κ1) is 25.5. The van der Waals surface area contributed by atoms with E-state index in [-0.39, 0.29) is 16.5 Å². The van der Waals surface area contributed by atoms with Gasteiger partial charge in [0.15, 0.2) is 0 Å². The van der Waals surface area contributed by atoms with Crippen molar-refractivity contribution < 1.29 is 22.3 Å². The second-order valence-corrected chi connectivity index (χ2v) is 10.6. The third-order valence-corrected chi connectivity index (χ3v) is 8.37. The number of nitrogens with zero attached hydrogens (tertiary/aromatic N) is 3. The topological polar surface area (TPSA) is 70.2 Å². The predicted octanol–water partition coefficient (Wildman–Crippen LogP) is 4.00. The van der Waals surface area contributed by atoms with Crippen LogP contribution in [0.5, 0.6) is 5.75 Å². The molecule has 0 unspecified atom stereocenters. The quantitative estimate of drug-likeness (QED) is 0.480. The Morgan fingerprint density at radius 2 is 1.61 bits per heavy atom. The summed E-state index contributed by atoms with van der Waals surface area (Å²) in [5.41, 5.74) is 3.37. The number of halogens is 1. The van der Waals surface area contributed by atoms with Crippen LogP contribution in [0.25, 0.3) is 0 Å². The van der Waals surface area contributed by atoms with Gasteiger partial charge in [0.1, 0.15) is 18.1 Å². The average molecular weight is 512 g/mol. The van der Waals surface area contributed by atoms with Crippen LogP contribution in [0.2, 0.25) is 0 Å². The highest BCUT2D eigenvalue weighted by Gasteiger charge is 2.32. The van der Waals surface area contributed by atoms with E-state index in [0.29, 0.717) is 31.9 Å². The number of methoxy groups -OCH3 is 1. The summed E-state index contributed by atoms with van der Waals surface area (Å²) in [6.45, 7) is 5.79. The van der Waals surface area contributed by atoms with E-state index in [1.165, 1.54) is 60.7 Å². The van der Waals surface area contributed by atoms with Gasteiger partial charge in [-0.05, 0) is 67.4 Å². The predicted molar refractivity (Wildman–Crippen MR) is 139 cm³/mol. The van der Waals surface area contributed by atoms with Crippen molar-refractivity contribution in [2.24, 2.45) is 0 Å². The minimum Gasteiger partial charge on any atom is -0.497 e. The normalized spacial score (nSPS) is 14.0. The number of aryl methyl sites for hydroxylation is 1. The minimum atomic E-state index is -4.22. The van der Waals surface area contributed by atoms with E-state index in [2.05, 4.69) is 30.9 Å². The second kappa shape index (κ2) is 10.6. The first-order chi connectivity index (χ1) is 17.2. The first-order valence-electron chi connectivity index (χ1n) is 11.7. The summed E-state index contributed by atoms with van der Waals surface area (Å²) in [5.74, 6) is -0.609. The van der Waals surface area contributed by atoms with Crippen LogP contribution in [-0.2, 0) is 14.8 Å². The molecular weight excluding hydrogens is 481 g/mol. The number of piperazine rings is 1. The van der Waals surface area contributed by atoms with E-state index in [9.17, 15) is 17.6 Å². The van der Waals surface area contributed by atoms with Crippen molar-refractivity contribution in [2.75, 3.05) is 49.0 Å². The molecule has 0 radical (unpaired) electrons. The minimum absolute atomic E-state index is 0.0564. The van der Waals surface area contributed by atoms with Crippen molar-refractivity contribution in [1.82, 2.24) is 4.90 Å². The van der Waals surface area contributed by atoms with Crippen LogP contribution in [0.4, 0.5) is 15.8 Å². The monoisotopic (exact) mass is 511 g/mol. The number of hydrogen-bond donors (Lipinski definition) is 0. The fourth-order valence-corrected chi connectivity index (χ4v) is 5.75. The van der Waals surface area contributed by atoms with Gasteiger partial charge in [-0.3, -0.25) is 9.10 Å². The molecule has 0 saturated carbocycles. The van der Waals surface area contributed by atoms with Crippen molar-refractivity contribution >= 4 is 27.3 Å². The number of carbonyl (C=O) groups is 1. The van der Waals surface area contributed by atoms with Crippen LogP contribution in [0.15, 0.2) is 71.6 Å². The number of para-hydroxylation sites is 1. The molecular formula is C27H30FN3O4S. The third kappa shape index (κ3) is 5.16. The molecule has 3 aromatic carbocycles. The molecule has 1 fully saturated rings. The van der Waals surface area contributed by atoms with Crippen LogP contribution >= 0.6 is 0 Å². The Hall–Kier alpha value is -3.59. The van der Waals surface area contributed by atoms with Crippen molar-refractivity contribution in [1.29, 1.82) is 0 Å². The van der Waals surface area contributed by atoms with Crippen LogP contribution in [0, 0.1) is 19.7 Å². The fourth-order valence-electron chi connectivity index (χ4n) is 4.33. The molecule has 36 heavy (non-hydrogen) atoms. The highest BCUT2D eigenvalue weighted by atomic mass is 32.2. The molecule has 1 saturated heterocycles. The van der Waals surface area contributed by atoms with E-state index >= 15 is 0 Å². The Bertz CT molecular complexity index is 1340. The van der Waals surface area contributed by atoms with Crippen molar-refractivity contribution in [3.05, 3.63) is 83.7 Å². The molecule has 9 heteroatoms. The molecule has 0 N–H and O–H groups in total. The highest BCUT2D eigenvalue weighted by molar-refractivity contribution is 7.92. The maximum absolute atomic E-state index is 14.7. The molecule has 0 aromatic heterocycles. The Morgan fingerprint density at radius 3 is 2.25 bits per heavy atom. The lowest BCUT2D eigenvalue weighted by atomic mass is 10.1. The second-order valence-electron chi connectivity index (χ2n) is 8.73. The molecule has 1 aliphatic heterocycles. The summed E-state index contributed by atoms with van der Waals surface area (Å²) in [6, 6.07) is 17.5. The molecule has 190 valence electrons. The smallest absolute Gasteiger partial charge is 0.264 e. The SMILES string of the molecule is COc1ccc(S(=O)(=O)N(CC(=O)N2CCN(c3cccc(C)c3C)CC2)c2ccccc2F)cc1. The fraction of sp³-hybridized carbons (Fsp3) is 0.296. The molecule has 4 rings (SSSR count). The first-order valence-corrected chi connectivity index (χ1v) is 13.2. The molecule has 1 amide bonds. The third-order valence-electron chi connectivity index (χ3n) is 6.60. The van der Waals surface area contributed by atoms with Gasteiger partial charge in [0.05, 0.1) is 17.7 Å². The molecule has 1 aliphatic rings. The largest absolute Gasteiger partial charge is 0.497 e. The van der Waals surface area contributed by atoms with Gasteiger partial charge < -0.3 is 14.5 Å². The number of carbonyl (C=O) groups excluding carboxylic acids is 1. The lowest BCUT2D eigenvalue weighted by molar-refractivity contribution is -0.129. The van der Waals surface area contributed by atoms with E-state index in [1.807, 2.05) is 6.07 Å². The Kier molecular flexibility index (Phi) is 7.49. The molecule has 1 heterocycles. The Morgan fingerprint density at radius 1 is 0.944 bits per heavy atom. The van der Waals surface area contributed by atoms with Gasteiger partial charge in [0.2, 0.25) is 5.91 Å². The van der Waals surface area contributed by atoms with E-state index in [1.54, 1.807) is 11.0 Å². The molecule has 3 aromatic rings. The van der Waals surface area contributed by atoms with Gasteiger partial charge in [-0.25, -0.2) is 12.8 Å². The number of hydrogen-bond acceptors (Lipinski definition) is 5. The van der Waals surface area contributed by atoms with Gasteiger partial charge in [-0.2, -0.15) is 0 Å². The van der Waals surface area contributed by atoms with Crippen LogP contribution in [-0.4, -0.2) is 59.1 Å². The molecule has 0 atom stereocenters. The van der Waals surface area contributed by atoms with Crippen molar-refractivity contribution in [2.45, 2.75) is 18.7 Å². The van der Waals surface area contributed by atoms with E-state index < -0.39 is 22.4 Å². The lowest BCUT2D eigenvalue weighted by Crippen LogP contribution is -2.52. The number of anilines is 2. The molecule has 0 spiro atoms. The van der Waals surface area contributed by atoms with Gasteiger partial charge in [0, 0.05) is 31.9 Å². The zero-order valence-electron chi connectivity index (χ0n) is 20.6.